The van der Waals surface area contributed by atoms with Gasteiger partial charge in [0.15, 0.2) is 0 Å². The number of rotatable bonds is 2. The Labute approximate surface area is 164 Å². The first kappa shape index (κ1) is 19.3. The van der Waals surface area contributed by atoms with Crippen molar-refractivity contribution < 1.29 is 9.47 Å². The molecule has 2 aliphatic rings. The van der Waals surface area contributed by atoms with Gasteiger partial charge in [0, 0.05) is 23.1 Å². The Balaban J connectivity index is 0.000000151. The lowest BCUT2D eigenvalue weighted by Crippen LogP contribution is -2.23. The molecule has 2 aromatic carbocycles. The highest BCUT2D eigenvalue weighted by atomic mass is 35.5. The number of nitrogens with one attached hydrogen (secondary N) is 2. The summed E-state index contributed by atoms with van der Waals surface area (Å²) in [6.07, 6.45) is 2.04. The van der Waals surface area contributed by atoms with Crippen molar-refractivity contribution in [3.05, 3.63) is 56.6 Å². The third kappa shape index (κ3) is 4.44. The van der Waals surface area contributed by atoms with Crippen LogP contribution in [-0.2, 0) is 25.9 Å². The molecule has 0 aromatic heterocycles. The first-order valence-corrected chi connectivity index (χ1v) is 9.50. The highest BCUT2D eigenvalue weighted by Crippen LogP contribution is 2.29. The van der Waals surface area contributed by atoms with Gasteiger partial charge in [0.2, 0.25) is 0 Å². The molecule has 0 bridgehead atoms. The number of hydrogen-bond donors (Lipinski definition) is 2. The van der Waals surface area contributed by atoms with Gasteiger partial charge >= 0.3 is 0 Å². The van der Waals surface area contributed by atoms with Gasteiger partial charge in [-0.25, -0.2) is 0 Å². The van der Waals surface area contributed by atoms with E-state index in [1.807, 2.05) is 24.3 Å². The molecule has 0 fully saturated rings. The van der Waals surface area contributed by atoms with Crippen LogP contribution in [0.3, 0.4) is 0 Å². The molecule has 0 aliphatic carbocycles. The first-order valence-electron chi connectivity index (χ1n) is 8.74. The zero-order valence-electron chi connectivity index (χ0n) is 15.1. The molecule has 2 heterocycles. The van der Waals surface area contributed by atoms with Crippen molar-refractivity contribution >= 4 is 23.2 Å². The summed E-state index contributed by atoms with van der Waals surface area (Å²) in [4.78, 5) is 0. The summed E-state index contributed by atoms with van der Waals surface area (Å²) in [7, 11) is 3.35. The molecule has 0 saturated carbocycles. The monoisotopic (exact) mass is 394 g/mol. The molecule has 4 nitrogen and oxygen atoms in total. The maximum absolute atomic E-state index is 6.12. The Kier molecular flexibility index (Phi) is 6.65. The minimum absolute atomic E-state index is 0.749. The number of methoxy groups -OCH3 is 2. The van der Waals surface area contributed by atoms with Crippen LogP contribution in [-0.4, -0.2) is 27.3 Å². The summed E-state index contributed by atoms with van der Waals surface area (Å²) in [5.41, 5.74) is 5.08. The molecule has 6 heteroatoms. The summed E-state index contributed by atoms with van der Waals surface area (Å²) in [6, 6.07) is 7.82. The number of hydrogen-bond acceptors (Lipinski definition) is 4. The highest BCUT2D eigenvalue weighted by molar-refractivity contribution is 6.31. The predicted octanol–water partition coefficient (Wildman–Crippen LogP) is 3.99. The quantitative estimate of drug-likeness (QED) is 0.807. The molecule has 2 N–H and O–H groups in total. The Bertz CT molecular complexity index is 762. The van der Waals surface area contributed by atoms with Crippen molar-refractivity contribution in [1.82, 2.24) is 10.6 Å². The zero-order chi connectivity index (χ0) is 18.5. The topological polar surface area (TPSA) is 42.5 Å². The lowest BCUT2D eigenvalue weighted by molar-refractivity contribution is 0.406. The van der Waals surface area contributed by atoms with E-state index in [9.17, 15) is 0 Å². The van der Waals surface area contributed by atoms with Crippen LogP contribution in [0.4, 0.5) is 0 Å². The van der Waals surface area contributed by atoms with Gasteiger partial charge in [-0.3, -0.25) is 0 Å². The lowest BCUT2D eigenvalue weighted by Gasteiger charge is -2.19. The molecule has 0 saturated heterocycles. The molecule has 140 valence electrons. The smallest absolute Gasteiger partial charge is 0.123 e. The van der Waals surface area contributed by atoms with Crippen molar-refractivity contribution in [2.75, 3.05) is 27.3 Å². The second kappa shape index (κ2) is 8.96. The molecule has 26 heavy (non-hydrogen) atoms. The van der Waals surface area contributed by atoms with E-state index in [-0.39, 0.29) is 0 Å². The van der Waals surface area contributed by atoms with Crippen molar-refractivity contribution in [2.24, 2.45) is 0 Å². The van der Waals surface area contributed by atoms with E-state index in [0.717, 1.165) is 60.6 Å². The van der Waals surface area contributed by atoms with Gasteiger partial charge in [0.25, 0.3) is 0 Å². The molecule has 2 aromatic rings. The average molecular weight is 395 g/mol. The standard InChI is InChI=1S/2C10H12ClNO/c1-13-8-4-7-6-12-3-2-9(7)10(11)5-8;1-13-10-5-8(11)4-7-6-12-3-2-9(7)10/h2*4-5,12H,2-3,6H2,1H3. The van der Waals surface area contributed by atoms with E-state index in [0.29, 0.717) is 0 Å². The lowest BCUT2D eigenvalue weighted by atomic mass is 10.0. The van der Waals surface area contributed by atoms with Crippen molar-refractivity contribution in [1.29, 1.82) is 0 Å². The molecule has 2 aliphatic heterocycles. The van der Waals surface area contributed by atoms with Gasteiger partial charge in [0.1, 0.15) is 11.5 Å². The van der Waals surface area contributed by atoms with Gasteiger partial charge in [-0.2, -0.15) is 0 Å². The van der Waals surface area contributed by atoms with Gasteiger partial charge in [0.05, 0.1) is 14.2 Å². The highest BCUT2D eigenvalue weighted by Gasteiger charge is 2.14. The second-order valence-corrected chi connectivity index (χ2v) is 7.19. The fraction of sp³-hybridized carbons (Fsp3) is 0.400. The summed E-state index contributed by atoms with van der Waals surface area (Å²) < 4.78 is 10.4. The molecular weight excluding hydrogens is 371 g/mol. The molecule has 0 amide bonds. The van der Waals surface area contributed by atoms with E-state index < -0.39 is 0 Å². The van der Waals surface area contributed by atoms with Crippen molar-refractivity contribution in [2.45, 2.75) is 25.9 Å². The Morgan fingerprint density at radius 1 is 0.808 bits per heavy atom. The van der Waals surface area contributed by atoms with Crippen LogP contribution in [0.2, 0.25) is 10.0 Å². The van der Waals surface area contributed by atoms with Crippen LogP contribution < -0.4 is 20.1 Å². The van der Waals surface area contributed by atoms with Crippen LogP contribution in [0.25, 0.3) is 0 Å². The summed E-state index contributed by atoms with van der Waals surface area (Å²) in [6.45, 7) is 3.82. The fourth-order valence-corrected chi connectivity index (χ4v) is 3.94. The molecule has 0 spiro atoms. The van der Waals surface area contributed by atoms with Crippen molar-refractivity contribution in [3.8, 4) is 11.5 Å². The van der Waals surface area contributed by atoms with Crippen LogP contribution in [0.15, 0.2) is 24.3 Å². The van der Waals surface area contributed by atoms with E-state index >= 15 is 0 Å². The largest absolute Gasteiger partial charge is 0.497 e. The minimum atomic E-state index is 0.749. The fourth-order valence-electron chi connectivity index (χ4n) is 3.38. The van der Waals surface area contributed by atoms with E-state index in [2.05, 4.69) is 10.6 Å². The third-order valence-corrected chi connectivity index (χ3v) is 5.27. The maximum Gasteiger partial charge on any atom is 0.123 e. The first-order chi connectivity index (χ1) is 12.6. The molecule has 4 rings (SSSR count). The summed E-state index contributed by atoms with van der Waals surface area (Å²) in [5, 5.41) is 8.19. The molecule has 0 unspecified atom stereocenters. The van der Waals surface area contributed by atoms with Crippen LogP contribution in [0.1, 0.15) is 22.3 Å². The number of benzene rings is 2. The van der Waals surface area contributed by atoms with Gasteiger partial charge in [-0.05, 0) is 72.5 Å². The third-order valence-electron chi connectivity index (χ3n) is 4.72. The summed E-state index contributed by atoms with van der Waals surface area (Å²) in [5.74, 6) is 1.76. The van der Waals surface area contributed by atoms with Crippen LogP contribution >= 0.6 is 23.2 Å². The molecule has 0 radical (unpaired) electrons. The van der Waals surface area contributed by atoms with Gasteiger partial charge < -0.3 is 20.1 Å². The SMILES string of the molecule is COc1cc(Cl)c2c(c1)CNCC2.COc1cc(Cl)cc2c1CCNC2. The van der Waals surface area contributed by atoms with Crippen molar-refractivity contribution in [3.63, 3.8) is 0 Å². The Morgan fingerprint density at radius 3 is 2.12 bits per heavy atom. The summed E-state index contributed by atoms with van der Waals surface area (Å²) >= 11 is 12.1. The normalized spacial score (nSPS) is 15.2. The van der Waals surface area contributed by atoms with E-state index in [1.165, 1.54) is 22.3 Å². The predicted molar refractivity (Wildman–Crippen MR) is 107 cm³/mol. The Morgan fingerprint density at radius 2 is 1.46 bits per heavy atom. The van der Waals surface area contributed by atoms with E-state index in [1.54, 1.807) is 14.2 Å². The average Bonchev–Trinajstić information content (AvgIpc) is 2.67. The molecular formula is C20H24Cl2N2O2. The number of fused-ring (bicyclic) bond motifs is 2. The van der Waals surface area contributed by atoms with Crippen LogP contribution in [0, 0.1) is 0 Å². The van der Waals surface area contributed by atoms with E-state index in [4.69, 9.17) is 32.7 Å². The maximum atomic E-state index is 6.12. The number of ether oxygens (including phenoxy) is 2. The molecule has 0 atom stereocenters. The second-order valence-electron chi connectivity index (χ2n) is 6.35. The number of halogens is 2. The minimum Gasteiger partial charge on any atom is -0.497 e. The zero-order valence-corrected chi connectivity index (χ0v) is 16.6. The van der Waals surface area contributed by atoms with Gasteiger partial charge in [-0.15, -0.1) is 0 Å². The Hall–Kier alpha value is -1.46. The van der Waals surface area contributed by atoms with Crippen LogP contribution in [0.5, 0.6) is 11.5 Å². The van der Waals surface area contributed by atoms with Gasteiger partial charge in [-0.1, -0.05) is 23.2 Å².